The van der Waals surface area contributed by atoms with Crippen molar-refractivity contribution < 1.29 is 4.79 Å². The molecule has 0 spiro atoms. The molecule has 1 amide bonds. The lowest BCUT2D eigenvalue weighted by Crippen LogP contribution is -2.12. The second-order valence-corrected chi connectivity index (χ2v) is 6.57. The molecule has 0 saturated carbocycles. The number of amides is 1. The Morgan fingerprint density at radius 3 is 2.91 bits per heavy atom. The zero-order chi connectivity index (χ0) is 15.5. The van der Waals surface area contributed by atoms with Crippen LogP contribution in [0, 0.1) is 6.92 Å². The van der Waals surface area contributed by atoms with Gasteiger partial charge in [0.1, 0.15) is 0 Å². The van der Waals surface area contributed by atoms with Crippen LogP contribution in [0.1, 0.15) is 17.5 Å². The van der Waals surface area contributed by atoms with Crippen LogP contribution in [0.3, 0.4) is 0 Å². The summed E-state index contributed by atoms with van der Waals surface area (Å²) in [7, 11) is 0. The second kappa shape index (κ2) is 6.46. The Kier molecular flexibility index (Phi) is 4.41. The molecule has 1 aromatic heterocycles. The highest BCUT2D eigenvalue weighted by Crippen LogP contribution is 2.27. The molecule has 0 saturated heterocycles. The Balaban J connectivity index is 1.64. The van der Waals surface area contributed by atoms with Gasteiger partial charge >= 0.3 is 0 Å². The van der Waals surface area contributed by atoms with Gasteiger partial charge in [-0.1, -0.05) is 47.2 Å². The van der Waals surface area contributed by atoms with E-state index in [2.05, 4.69) is 16.4 Å². The van der Waals surface area contributed by atoms with Gasteiger partial charge in [-0.15, -0.1) is 0 Å². The lowest BCUT2D eigenvalue weighted by molar-refractivity contribution is -0.116. The number of carbonyl (C=O) groups excluding carboxylic acids is 1. The highest BCUT2D eigenvalue weighted by atomic mass is 35.5. The van der Waals surface area contributed by atoms with Crippen molar-refractivity contribution in [1.82, 2.24) is 4.98 Å². The Labute approximate surface area is 138 Å². The molecule has 0 fully saturated rings. The van der Waals surface area contributed by atoms with Gasteiger partial charge in [0.15, 0.2) is 5.13 Å². The number of thiazole rings is 1. The zero-order valence-corrected chi connectivity index (χ0v) is 13.7. The first-order valence-corrected chi connectivity index (χ1v) is 8.22. The van der Waals surface area contributed by atoms with Crippen molar-refractivity contribution in [3.8, 4) is 0 Å². The molecule has 0 bridgehead atoms. The van der Waals surface area contributed by atoms with Crippen LogP contribution in [0.2, 0.25) is 5.02 Å². The number of rotatable bonds is 4. The molecule has 0 radical (unpaired) electrons. The predicted molar refractivity (Wildman–Crippen MR) is 92.8 cm³/mol. The van der Waals surface area contributed by atoms with Gasteiger partial charge in [-0.2, -0.15) is 0 Å². The summed E-state index contributed by atoms with van der Waals surface area (Å²) < 4.78 is 1.08. The van der Waals surface area contributed by atoms with Gasteiger partial charge in [0, 0.05) is 11.4 Å². The molecule has 1 heterocycles. The van der Waals surface area contributed by atoms with Gasteiger partial charge in [-0.3, -0.25) is 4.79 Å². The standard InChI is InChI=1S/C17H15ClN2OS/c1-11-6-8-14-15(10-11)22-17(19-14)20-16(21)9-7-12-4-2-3-5-13(12)18/h2-6,8,10H,7,9H2,1H3,(H,19,20,21). The second-order valence-electron chi connectivity index (χ2n) is 5.13. The third kappa shape index (κ3) is 3.46. The first-order chi connectivity index (χ1) is 10.6. The number of aryl methyl sites for hydroxylation is 2. The molecule has 112 valence electrons. The van der Waals surface area contributed by atoms with E-state index >= 15 is 0 Å². The van der Waals surface area contributed by atoms with Crippen LogP contribution in [-0.2, 0) is 11.2 Å². The number of fused-ring (bicyclic) bond motifs is 1. The smallest absolute Gasteiger partial charge is 0.226 e. The van der Waals surface area contributed by atoms with Crippen molar-refractivity contribution in [2.24, 2.45) is 0 Å². The molecule has 0 aliphatic carbocycles. The van der Waals surface area contributed by atoms with E-state index < -0.39 is 0 Å². The molecular weight excluding hydrogens is 316 g/mol. The molecule has 0 atom stereocenters. The summed E-state index contributed by atoms with van der Waals surface area (Å²) in [5.41, 5.74) is 3.09. The summed E-state index contributed by atoms with van der Waals surface area (Å²) in [6.45, 7) is 2.04. The molecule has 22 heavy (non-hydrogen) atoms. The molecule has 2 aromatic carbocycles. The fourth-order valence-corrected chi connectivity index (χ4v) is 3.43. The summed E-state index contributed by atoms with van der Waals surface area (Å²) >= 11 is 7.59. The maximum atomic E-state index is 12.1. The quantitative estimate of drug-likeness (QED) is 0.744. The van der Waals surface area contributed by atoms with Crippen molar-refractivity contribution in [2.75, 3.05) is 5.32 Å². The minimum absolute atomic E-state index is 0.0457. The Morgan fingerprint density at radius 1 is 1.27 bits per heavy atom. The van der Waals surface area contributed by atoms with Crippen molar-refractivity contribution in [2.45, 2.75) is 19.8 Å². The number of nitrogens with one attached hydrogen (secondary N) is 1. The molecule has 0 aliphatic heterocycles. The van der Waals surface area contributed by atoms with E-state index in [0.717, 1.165) is 15.8 Å². The average Bonchev–Trinajstić information content (AvgIpc) is 2.87. The van der Waals surface area contributed by atoms with E-state index in [9.17, 15) is 4.79 Å². The van der Waals surface area contributed by atoms with Crippen LogP contribution in [0.4, 0.5) is 5.13 Å². The number of benzene rings is 2. The van der Waals surface area contributed by atoms with Crippen LogP contribution in [-0.4, -0.2) is 10.9 Å². The van der Waals surface area contributed by atoms with E-state index in [-0.39, 0.29) is 5.91 Å². The summed E-state index contributed by atoms with van der Waals surface area (Å²) in [6, 6.07) is 13.7. The highest BCUT2D eigenvalue weighted by molar-refractivity contribution is 7.22. The van der Waals surface area contributed by atoms with Gasteiger partial charge in [0.05, 0.1) is 10.2 Å². The average molecular weight is 331 g/mol. The van der Waals surface area contributed by atoms with E-state index in [1.165, 1.54) is 16.9 Å². The Hall–Kier alpha value is -1.91. The molecule has 3 rings (SSSR count). The minimum atomic E-state index is -0.0457. The lowest BCUT2D eigenvalue weighted by atomic mass is 10.1. The highest BCUT2D eigenvalue weighted by Gasteiger charge is 2.09. The molecule has 0 aliphatic rings. The Morgan fingerprint density at radius 2 is 2.09 bits per heavy atom. The van der Waals surface area contributed by atoms with Gasteiger partial charge in [-0.05, 0) is 42.7 Å². The van der Waals surface area contributed by atoms with E-state index in [1.54, 1.807) is 0 Å². The number of halogens is 1. The van der Waals surface area contributed by atoms with Crippen LogP contribution < -0.4 is 5.32 Å². The minimum Gasteiger partial charge on any atom is -0.302 e. The van der Waals surface area contributed by atoms with Crippen molar-refractivity contribution in [1.29, 1.82) is 0 Å². The monoisotopic (exact) mass is 330 g/mol. The van der Waals surface area contributed by atoms with Crippen molar-refractivity contribution >= 4 is 44.2 Å². The molecule has 5 heteroatoms. The normalized spacial score (nSPS) is 10.8. The summed E-state index contributed by atoms with van der Waals surface area (Å²) in [5, 5.41) is 4.21. The first kappa shape index (κ1) is 15.0. The Bertz CT molecular complexity index is 828. The SMILES string of the molecule is Cc1ccc2nc(NC(=O)CCc3ccccc3Cl)sc2c1. The first-order valence-electron chi connectivity index (χ1n) is 7.02. The molecule has 3 nitrogen and oxygen atoms in total. The number of nitrogens with zero attached hydrogens (tertiary/aromatic N) is 1. The fraction of sp³-hybridized carbons (Fsp3) is 0.176. The van der Waals surface area contributed by atoms with Crippen molar-refractivity contribution in [3.05, 3.63) is 58.6 Å². The van der Waals surface area contributed by atoms with Gasteiger partial charge in [0.2, 0.25) is 5.91 Å². The van der Waals surface area contributed by atoms with E-state index in [1.807, 2.05) is 43.3 Å². The van der Waals surface area contributed by atoms with E-state index in [0.29, 0.717) is 23.0 Å². The zero-order valence-electron chi connectivity index (χ0n) is 12.1. The number of carbonyl (C=O) groups is 1. The molecule has 1 N–H and O–H groups in total. The summed E-state index contributed by atoms with van der Waals surface area (Å²) in [4.78, 5) is 16.5. The van der Waals surface area contributed by atoms with Gasteiger partial charge in [0.25, 0.3) is 0 Å². The molecule has 3 aromatic rings. The third-order valence-electron chi connectivity index (χ3n) is 3.37. The summed E-state index contributed by atoms with van der Waals surface area (Å²) in [5.74, 6) is -0.0457. The van der Waals surface area contributed by atoms with Crippen LogP contribution in [0.25, 0.3) is 10.2 Å². The third-order valence-corrected chi connectivity index (χ3v) is 4.67. The summed E-state index contributed by atoms with van der Waals surface area (Å²) in [6.07, 6.45) is 1.01. The van der Waals surface area contributed by atoms with Gasteiger partial charge in [-0.25, -0.2) is 4.98 Å². The largest absolute Gasteiger partial charge is 0.302 e. The maximum Gasteiger partial charge on any atom is 0.226 e. The number of aromatic nitrogens is 1. The van der Waals surface area contributed by atoms with Crippen LogP contribution >= 0.6 is 22.9 Å². The van der Waals surface area contributed by atoms with E-state index in [4.69, 9.17) is 11.6 Å². The van der Waals surface area contributed by atoms with Crippen molar-refractivity contribution in [3.63, 3.8) is 0 Å². The predicted octanol–water partition coefficient (Wildman–Crippen LogP) is 4.83. The molecular formula is C17H15ClN2OS. The fourth-order valence-electron chi connectivity index (χ4n) is 2.22. The number of hydrogen-bond donors (Lipinski definition) is 1. The van der Waals surface area contributed by atoms with Gasteiger partial charge < -0.3 is 5.32 Å². The molecule has 0 unspecified atom stereocenters. The number of anilines is 1. The topological polar surface area (TPSA) is 42.0 Å². The maximum absolute atomic E-state index is 12.1. The van der Waals surface area contributed by atoms with Crippen LogP contribution in [0.5, 0.6) is 0 Å². The number of hydrogen-bond acceptors (Lipinski definition) is 3. The van der Waals surface area contributed by atoms with Crippen LogP contribution in [0.15, 0.2) is 42.5 Å². The lowest BCUT2D eigenvalue weighted by Gasteiger charge is -2.03.